The SMILES string of the molecule is CNC.NC(=O)CCC(N)=O.c1ccc2ccccc2c1. The van der Waals surface area contributed by atoms with E-state index in [1.54, 1.807) is 0 Å². The predicted octanol–water partition coefficient (Wildman–Crippen LogP) is 1.41. The molecule has 0 saturated carbocycles. The van der Waals surface area contributed by atoms with Gasteiger partial charge >= 0.3 is 0 Å². The van der Waals surface area contributed by atoms with Crippen LogP contribution in [0, 0.1) is 0 Å². The lowest BCUT2D eigenvalue weighted by Crippen LogP contribution is -2.16. The fraction of sp³-hybridized carbons (Fsp3) is 0.250. The van der Waals surface area contributed by atoms with E-state index in [1.807, 2.05) is 14.1 Å². The summed E-state index contributed by atoms with van der Waals surface area (Å²) in [7, 11) is 3.75. The number of nitrogens with two attached hydrogens (primary N) is 2. The molecule has 0 saturated heterocycles. The molecule has 2 amide bonds. The summed E-state index contributed by atoms with van der Waals surface area (Å²) in [5.74, 6) is -0.993. The Labute approximate surface area is 125 Å². The molecule has 2 rings (SSSR count). The molecular weight excluding hydrogens is 266 g/mol. The van der Waals surface area contributed by atoms with Crippen LogP contribution in [0.4, 0.5) is 0 Å². The van der Waals surface area contributed by atoms with Gasteiger partial charge in [0.25, 0.3) is 0 Å². The maximum atomic E-state index is 9.92. The Hall–Kier alpha value is -2.40. The van der Waals surface area contributed by atoms with Gasteiger partial charge in [0.2, 0.25) is 11.8 Å². The molecule has 0 heterocycles. The van der Waals surface area contributed by atoms with Crippen molar-refractivity contribution in [3.63, 3.8) is 0 Å². The molecule has 0 radical (unpaired) electrons. The second kappa shape index (κ2) is 11.4. The van der Waals surface area contributed by atoms with Crippen LogP contribution in [0.25, 0.3) is 10.8 Å². The molecule has 0 aliphatic carbocycles. The monoisotopic (exact) mass is 289 g/mol. The summed E-state index contributed by atoms with van der Waals surface area (Å²) >= 11 is 0. The molecule has 2 aromatic carbocycles. The molecule has 0 atom stereocenters. The van der Waals surface area contributed by atoms with Gasteiger partial charge in [-0.2, -0.15) is 0 Å². The van der Waals surface area contributed by atoms with E-state index in [1.165, 1.54) is 10.8 Å². The average Bonchev–Trinajstić information content (AvgIpc) is 2.47. The third-order valence-corrected chi connectivity index (χ3v) is 2.28. The molecule has 0 aliphatic heterocycles. The first-order valence-corrected chi connectivity index (χ1v) is 6.60. The number of hydrogen-bond acceptors (Lipinski definition) is 3. The fourth-order valence-electron chi connectivity index (χ4n) is 1.38. The van der Waals surface area contributed by atoms with E-state index in [4.69, 9.17) is 11.5 Å². The lowest BCUT2D eigenvalue weighted by Gasteiger charge is -1.92. The van der Waals surface area contributed by atoms with Gasteiger partial charge in [-0.25, -0.2) is 0 Å². The number of primary amides is 2. The normalized spacial score (nSPS) is 8.86. The van der Waals surface area contributed by atoms with E-state index in [2.05, 4.69) is 53.8 Å². The minimum Gasteiger partial charge on any atom is -0.370 e. The van der Waals surface area contributed by atoms with Crippen molar-refractivity contribution >= 4 is 22.6 Å². The molecule has 0 aliphatic rings. The number of fused-ring (bicyclic) bond motifs is 1. The van der Waals surface area contributed by atoms with Crippen LogP contribution in [0.3, 0.4) is 0 Å². The van der Waals surface area contributed by atoms with E-state index in [-0.39, 0.29) is 12.8 Å². The molecule has 5 heteroatoms. The smallest absolute Gasteiger partial charge is 0.217 e. The molecule has 5 nitrogen and oxygen atoms in total. The van der Waals surface area contributed by atoms with E-state index < -0.39 is 11.8 Å². The van der Waals surface area contributed by atoms with Crippen molar-refractivity contribution in [2.45, 2.75) is 12.8 Å². The van der Waals surface area contributed by atoms with E-state index >= 15 is 0 Å². The fourth-order valence-corrected chi connectivity index (χ4v) is 1.38. The predicted molar refractivity (Wildman–Crippen MR) is 86.6 cm³/mol. The quantitative estimate of drug-likeness (QED) is 0.796. The van der Waals surface area contributed by atoms with Gasteiger partial charge in [-0.1, -0.05) is 48.5 Å². The summed E-state index contributed by atoms with van der Waals surface area (Å²) < 4.78 is 0. The molecule has 0 aromatic heterocycles. The molecule has 114 valence electrons. The highest BCUT2D eigenvalue weighted by atomic mass is 16.2. The molecule has 5 N–H and O–H groups in total. The van der Waals surface area contributed by atoms with Crippen molar-refractivity contribution in [3.8, 4) is 0 Å². The highest BCUT2D eigenvalue weighted by Crippen LogP contribution is 2.11. The van der Waals surface area contributed by atoms with Crippen molar-refractivity contribution in [2.24, 2.45) is 11.5 Å². The molecule has 21 heavy (non-hydrogen) atoms. The average molecular weight is 289 g/mol. The lowest BCUT2D eigenvalue weighted by atomic mass is 10.1. The van der Waals surface area contributed by atoms with Gasteiger partial charge < -0.3 is 16.8 Å². The summed E-state index contributed by atoms with van der Waals surface area (Å²) in [4.78, 5) is 19.8. The van der Waals surface area contributed by atoms with Crippen molar-refractivity contribution in [2.75, 3.05) is 14.1 Å². The van der Waals surface area contributed by atoms with Gasteiger partial charge in [0.05, 0.1) is 0 Å². The van der Waals surface area contributed by atoms with Crippen LogP contribution in [-0.4, -0.2) is 25.9 Å². The Kier molecular flexibility index (Phi) is 10.1. The molecule has 0 unspecified atom stereocenters. The summed E-state index contributed by atoms with van der Waals surface area (Å²) in [6, 6.07) is 16.7. The Balaban J connectivity index is 0.000000330. The van der Waals surface area contributed by atoms with Gasteiger partial charge in [0.1, 0.15) is 0 Å². The topological polar surface area (TPSA) is 98.2 Å². The van der Waals surface area contributed by atoms with Gasteiger partial charge in [0, 0.05) is 12.8 Å². The van der Waals surface area contributed by atoms with Crippen molar-refractivity contribution < 1.29 is 9.59 Å². The molecule has 0 fully saturated rings. The van der Waals surface area contributed by atoms with Crippen LogP contribution in [-0.2, 0) is 9.59 Å². The maximum Gasteiger partial charge on any atom is 0.217 e. The number of hydrogen-bond donors (Lipinski definition) is 3. The zero-order valence-corrected chi connectivity index (χ0v) is 12.5. The standard InChI is InChI=1S/C10H8.C4H8N2O2.C2H7N/c1-2-6-10-8-4-3-7-9(10)5-1;5-3(7)1-2-4(6)8;1-3-2/h1-8H;1-2H2,(H2,5,7)(H2,6,8);3H,1-2H3. The van der Waals surface area contributed by atoms with E-state index in [0.717, 1.165) is 0 Å². The van der Waals surface area contributed by atoms with Gasteiger partial charge in [-0.15, -0.1) is 0 Å². The van der Waals surface area contributed by atoms with Crippen molar-refractivity contribution in [3.05, 3.63) is 48.5 Å². The highest BCUT2D eigenvalue weighted by molar-refractivity contribution is 5.82. The zero-order chi connectivity index (χ0) is 16.1. The third-order valence-electron chi connectivity index (χ3n) is 2.28. The summed E-state index contributed by atoms with van der Waals surface area (Å²) in [6.45, 7) is 0. The van der Waals surface area contributed by atoms with Crippen LogP contribution in [0.5, 0.6) is 0 Å². The second-order valence-corrected chi connectivity index (χ2v) is 4.28. The van der Waals surface area contributed by atoms with Crippen LogP contribution in [0.2, 0.25) is 0 Å². The first kappa shape index (κ1) is 18.6. The van der Waals surface area contributed by atoms with Crippen molar-refractivity contribution in [1.29, 1.82) is 0 Å². The van der Waals surface area contributed by atoms with Gasteiger partial charge in [0.15, 0.2) is 0 Å². The van der Waals surface area contributed by atoms with Crippen LogP contribution < -0.4 is 16.8 Å². The Morgan fingerprint density at radius 1 is 0.810 bits per heavy atom. The maximum absolute atomic E-state index is 9.92. The molecular formula is C16H23N3O2. The minimum atomic E-state index is -0.496. The number of carbonyl (C=O) groups is 2. The first-order valence-electron chi connectivity index (χ1n) is 6.60. The van der Waals surface area contributed by atoms with Crippen LogP contribution in [0.1, 0.15) is 12.8 Å². The number of rotatable bonds is 3. The summed E-state index contributed by atoms with van der Waals surface area (Å²) in [5, 5.41) is 5.37. The third kappa shape index (κ3) is 10.1. The van der Waals surface area contributed by atoms with E-state index in [9.17, 15) is 9.59 Å². The first-order chi connectivity index (χ1) is 10.0. The minimum absolute atomic E-state index is 0.0509. The number of amides is 2. The second-order valence-electron chi connectivity index (χ2n) is 4.28. The van der Waals surface area contributed by atoms with Crippen LogP contribution >= 0.6 is 0 Å². The summed E-state index contributed by atoms with van der Waals surface area (Å²) in [6.07, 6.45) is 0.102. The van der Waals surface area contributed by atoms with Crippen molar-refractivity contribution in [1.82, 2.24) is 5.32 Å². The number of carbonyl (C=O) groups excluding carboxylic acids is 2. The Morgan fingerprint density at radius 2 is 1.05 bits per heavy atom. The van der Waals surface area contributed by atoms with Gasteiger partial charge in [-0.3, -0.25) is 9.59 Å². The van der Waals surface area contributed by atoms with E-state index in [0.29, 0.717) is 0 Å². The summed E-state index contributed by atoms with van der Waals surface area (Å²) in [5.41, 5.74) is 9.39. The molecule has 2 aromatic rings. The van der Waals surface area contributed by atoms with Crippen LogP contribution in [0.15, 0.2) is 48.5 Å². The Morgan fingerprint density at radius 3 is 1.24 bits per heavy atom. The largest absolute Gasteiger partial charge is 0.370 e. The number of nitrogens with one attached hydrogen (secondary N) is 1. The molecule has 0 spiro atoms. The Bertz CT molecular complexity index is 476. The molecule has 0 bridgehead atoms. The lowest BCUT2D eigenvalue weighted by molar-refractivity contribution is -0.123. The highest BCUT2D eigenvalue weighted by Gasteiger charge is 1.96. The zero-order valence-electron chi connectivity index (χ0n) is 12.5. The van der Waals surface area contributed by atoms with Gasteiger partial charge in [-0.05, 0) is 24.9 Å². The number of benzene rings is 2.